The summed E-state index contributed by atoms with van der Waals surface area (Å²) in [4.78, 5) is 4.63. The molecule has 0 heterocycles. The lowest BCUT2D eigenvalue weighted by Crippen LogP contribution is -2.39. The minimum Gasteiger partial charge on any atom is -0.324 e. The van der Waals surface area contributed by atoms with Gasteiger partial charge in [0.15, 0.2) is 0 Å². The fourth-order valence-corrected chi connectivity index (χ4v) is 4.68. The van der Waals surface area contributed by atoms with Crippen LogP contribution in [-0.2, 0) is 4.57 Å². The van der Waals surface area contributed by atoms with E-state index >= 15 is 0 Å². The number of rotatable bonds is 10. The molecular formula is C15H35N2OP. The van der Waals surface area contributed by atoms with Crippen molar-refractivity contribution < 1.29 is 4.57 Å². The summed E-state index contributed by atoms with van der Waals surface area (Å²) in [7, 11) is 2.20. The van der Waals surface area contributed by atoms with Crippen molar-refractivity contribution in [3.63, 3.8) is 0 Å². The fraction of sp³-hybridized carbons (Fsp3) is 1.00. The third-order valence-electron chi connectivity index (χ3n) is 3.84. The summed E-state index contributed by atoms with van der Waals surface area (Å²) in [5.74, 6) is 0. The zero-order chi connectivity index (χ0) is 15.1. The van der Waals surface area contributed by atoms with Crippen LogP contribution in [0.3, 0.4) is 0 Å². The Morgan fingerprint density at radius 1 is 0.947 bits per heavy atom. The van der Waals surface area contributed by atoms with Crippen LogP contribution < -0.4 is 0 Å². The monoisotopic (exact) mass is 290 g/mol. The first-order chi connectivity index (χ1) is 8.72. The molecule has 0 aromatic heterocycles. The minimum atomic E-state index is -1.96. The first-order valence-electron chi connectivity index (χ1n) is 7.69. The largest absolute Gasteiger partial charge is 0.324 e. The van der Waals surface area contributed by atoms with E-state index in [1.165, 1.54) is 0 Å². The van der Waals surface area contributed by atoms with Gasteiger partial charge in [0.1, 0.15) is 0 Å². The van der Waals surface area contributed by atoms with Gasteiger partial charge in [0.2, 0.25) is 0 Å². The molecule has 1 atom stereocenters. The van der Waals surface area contributed by atoms with Gasteiger partial charge < -0.3 is 9.46 Å². The van der Waals surface area contributed by atoms with Crippen molar-refractivity contribution >= 4 is 7.14 Å². The van der Waals surface area contributed by atoms with E-state index in [-0.39, 0.29) is 0 Å². The van der Waals surface area contributed by atoms with Gasteiger partial charge in [-0.2, -0.15) is 0 Å². The van der Waals surface area contributed by atoms with Gasteiger partial charge >= 0.3 is 0 Å². The summed E-state index contributed by atoms with van der Waals surface area (Å²) >= 11 is 0. The highest BCUT2D eigenvalue weighted by Crippen LogP contribution is 2.45. The van der Waals surface area contributed by atoms with Gasteiger partial charge in [-0.05, 0) is 60.9 Å². The van der Waals surface area contributed by atoms with Crippen molar-refractivity contribution in [1.82, 2.24) is 9.80 Å². The SMILES string of the molecule is CCP(=O)(CCCN(C)C)CCN(C(C)C)C(C)C. The van der Waals surface area contributed by atoms with E-state index in [0.717, 1.165) is 38.0 Å². The first kappa shape index (κ1) is 19.1. The van der Waals surface area contributed by atoms with Crippen LogP contribution >= 0.6 is 7.14 Å². The van der Waals surface area contributed by atoms with E-state index < -0.39 is 7.14 Å². The number of hydrogen-bond donors (Lipinski definition) is 0. The van der Waals surface area contributed by atoms with Crippen LogP contribution in [0.25, 0.3) is 0 Å². The highest BCUT2D eigenvalue weighted by molar-refractivity contribution is 7.63. The van der Waals surface area contributed by atoms with Crippen molar-refractivity contribution in [1.29, 1.82) is 0 Å². The summed E-state index contributed by atoms with van der Waals surface area (Å²) in [6.45, 7) is 13.0. The molecule has 0 radical (unpaired) electrons. The maximum absolute atomic E-state index is 12.9. The van der Waals surface area contributed by atoms with Gasteiger partial charge in [0.05, 0.1) is 7.14 Å². The predicted octanol–water partition coefficient (Wildman–Crippen LogP) is 3.44. The topological polar surface area (TPSA) is 23.6 Å². The molecule has 0 fully saturated rings. The van der Waals surface area contributed by atoms with E-state index in [9.17, 15) is 4.57 Å². The second kappa shape index (κ2) is 9.15. The third-order valence-corrected chi connectivity index (χ3v) is 7.14. The van der Waals surface area contributed by atoms with Gasteiger partial charge in [-0.1, -0.05) is 6.92 Å². The van der Waals surface area contributed by atoms with Gasteiger partial charge in [0.25, 0.3) is 0 Å². The molecule has 0 saturated carbocycles. The maximum Gasteiger partial charge on any atom is 0.0887 e. The van der Waals surface area contributed by atoms with E-state index in [1.54, 1.807) is 0 Å². The van der Waals surface area contributed by atoms with Crippen LogP contribution in [0.2, 0.25) is 0 Å². The lowest BCUT2D eigenvalue weighted by molar-refractivity contribution is 0.186. The number of nitrogens with zero attached hydrogens (tertiary/aromatic N) is 2. The molecule has 0 aliphatic rings. The second-order valence-electron chi connectivity index (χ2n) is 6.40. The quantitative estimate of drug-likeness (QED) is 0.576. The molecule has 0 aliphatic carbocycles. The average Bonchev–Trinajstić information content (AvgIpc) is 2.27. The molecular weight excluding hydrogens is 255 g/mol. The fourth-order valence-electron chi connectivity index (χ4n) is 2.51. The Labute approximate surface area is 121 Å². The van der Waals surface area contributed by atoms with Crippen LogP contribution in [0.1, 0.15) is 41.0 Å². The summed E-state index contributed by atoms with van der Waals surface area (Å²) in [6.07, 6.45) is 3.70. The van der Waals surface area contributed by atoms with Gasteiger partial charge in [-0.15, -0.1) is 0 Å². The molecule has 0 N–H and O–H groups in total. The second-order valence-corrected chi connectivity index (χ2v) is 10.0. The van der Waals surface area contributed by atoms with Crippen molar-refractivity contribution in [2.24, 2.45) is 0 Å². The summed E-state index contributed by atoms with van der Waals surface area (Å²) < 4.78 is 12.9. The van der Waals surface area contributed by atoms with Gasteiger partial charge in [0, 0.05) is 31.0 Å². The molecule has 0 saturated heterocycles. The van der Waals surface area contributed by atoms with E-state index in [2.05, 4.69) is 58.5 Å². The normalized spacial score (nSPS) is 15.7. The molecule has 1 unspecified atom stereocenters. The zero-order valence-corrected chi connectivity index (χ0v) is 15.0. The molecule has 116 valence electrons. The highest BCUT2D eigenvalue weighted by atomic mass is 31.2. The molecule has 0 aromatic rings. The van der Waals surface area contributed by atoms with Crippen molar-refractivity contribution in [2.75, 3.05) is 45.7 Å². The Hall–Kier alpha value is 0.150. The van der Waals surface area contributed by atoms with Crippen LogP contribution in [0, 0.1) is 0 Å². The van der Waals surface area contributed by atoms with Crippen LogP contribution in [0.15, 0.2) is 0 Å². The molecule has 19 heavy (non-hydrogen) atoms. The molecule has 0 bridgehead atoms. The summed E-state index contributed by atoms with van der Waals surface area (Å²) in [5.41, 5.74) is 0. The Balaban J connectivity index is 4.33. The summed E-state index contributed by atoms with van der Waals surface area (Å²) in [5, 5.41) is 0. The van der Waals surface area contributed by atoms with Gasteiger partial charge in [-0.25, -0.2) is 0 Å². The van der Waals surface area contributed by atoms with Crippen molar-refractivity contribution in [2.45, 2.75) is 53.1 Å². The maximum atomic E-state index is 12.9. The Kier molecular flexibility index (Phi) is 9.23. The molecule has 3 nitrogen and oxygen atoms in total. The van der Waals surface area contributed by atoms with Crippen LogP contribution in [0.4, 0.5) is 0 Å². The molecule has 4 heteroatoms. The smallest absolute Gasteiger partial charge is 0.0887 e. The Bertz CT molecular complexity index is 269. The van der Waals surface area contributed by atoms with Crippen molar-refractivity contribution in [3.8, 4) is 0 Å². The van der Waals surface area contributed by atoms with E-state index in [0.29, 0.717) is 12.1 Å². The molecule has 0 rings (SSSR count). The molecule has 0 spiro atoms. The number of hydrogen-bond acceptors (Lipinski definition) is 3. The zero-order valence-electron chi connectivity index (χ0n) is 14.1. The third kappa shape index (κ3) is 8.12. The lowest BCUT2D eigenvalue weighted by Gasteiger charge is -2.32. The minimum absolute atomic E-state index is 0.534. The van der Waals surface area contributed by atoms with Crippen molar-refractivity contribution in [3.05, 3.63) is 0 Å². The Morgan fingerprint density at radius 2 is 1.47 bits per heavy atom. The highest BCUT2D eigenvalue weighted by Gasteiger charge is 2.22. The molecule has 0 aliphatic heterocycles. The van der Waals surface area contributed by atoms with Crippen LogP contribution in [-0.4, -0.2) is 67.6 Å². The Morgan fingerprint density at radius 3 is 1.84 bits per heavy atom. The summed E-state index contributed by atoms with van der Waals surface area (Å²) in [6, 6.07) is 1.07. The molecule has 0 aromatic carbocycles. The average molecular weight is 290 g/mol. The van der Waals surface area contributed by atoms with E-state index in [4.69, 9.17) is 0 Å². The first-order valence-corrected chi connectivity index (χ1v) is 9.95. The molecule has 0 amide bonds. The van der Waals surface area contributed by atoms with Gasteiger partial charge in [-0.3, -0.25) is 4.90 Å². The standard InChI is InChI=1S/C15H35N2OP/c1-8-19(18,12-9-10-16(6)7)13-11-17(14(2)3)15(4)5/h14-15H,8-13H2,1-7H3. The lowest BCUT2D eigenvalue weighted by atomic mass is 10.2. The van der Waals surface area contributed by atoms with Crippen LogP contribution in [0.5, 0.6) is 0 Å². The van der Waals surface area contributed by atoms with E-state index in [1.807, 2.05) is 0 Å². The predicted molar refractivity (Wildman–Crippen MR) is 88.0 cm³/mol.